The van der Waals surface area contributed by atoms with Crippen molar-refractivity contribution in [1.29, 1.82) is 0 Å². The Hall–Kier alpha value is -3.80. The lowest BCUT2D eigenvalue weighted by atomic mass is 10.0. The Labute approximate surface area is 203 Å². The summed E-state index contributed by atoms with van der Waals surface area (Å²) in [7, 11) is 3.24. The minimum atomic E-state index is -0.422. The molecule has 0 bridgehead atoms. The molecule has 1 N–H and O–H groups in total. The van der Waals surface area contributed by atoms with Crippen LogP contribution in [-0.4, -0.2) is 43.5 Å². The van der Waals surface area contributed by atoms with Crippen LogP contribution in [0.1, 0.15) is 21.7 Å². The van der Waals surface area contributed by atoms with Crippen LogP contribution in [0.2, 0.25) is 0 Å². The number of carbonyl (C=O) groups is 2. The average molecular weight is 463 g/mol. The molecule has 2 unspecified atom stereocenters. The highest BCUT2D eigenvalue weighted by atomic mass is 16.5. The number of likely N-dealkylation sites (tertiary alicyclic amines) is 1. The van der Waals surface area contributed by atoms with Crippen LogP contribution >= 0.6 is 0 Å². The van der Waals surface area contributed by atoms with Crippen LogP contribution in [0.15, 0.2) is 78.9 Å². The standard InChI is InChI=1S/C28H32N2O4.H2/c1-6-8-9-20(7-2)19(3)30-18-22(16-27(30)31)28(32)29-23-12-15-26(34-5)25(17-23)21-10-13-24(33-4)14-11-21;/h6-15,17,19,22H,2,16,18H2,1,3-5H3,(H,29,32);1H/b8-6-,20-9+;. The summed E-state index contributed by atoms with van der Waals surface area (Å²) in [6.45, 7) is 8.12. The number of benzene rings is 2. The van der Waals surface area contributed by atoms with Crippen LogP contribution in [0, 0.1) is 5.92 Å². The van der Waals surface area contributed by atoms with Crippen LogP contribution in [-0.2, 0) is 9.59 Å². The molecule has 0 aromatic heterocycles. The van der Waals surface area contributed by atoms with Crippen LogP contribution in [0.5, 0.6) is 11.5 Å². The van der Waals surface area contributed by atoms with Gasteiger partial charge in [-0.1, -0.05) is 43.0 Å². The molecule has 3 rings (SSSR count). The molecule has 6 nitrogen and oxygen atoms in total. The quantitative estimate of drug-likeness (QED) is 0.501. The number of nitrogens with one attached hydrogen (secondary N) is 1. The van der Waals surface area contributed by atoms with Crippen LogP contribution in [0.25, 0.3) is 11.1 Å². The Bertz CT molecular complexity index is 1110. The van der Waals surface area contributed by atoms with E-state index in [1.165, 1.54) is 0 Å². The van der Waals surface area contributed by atoms with Gasteiger partial charge in [0.1, 0.15) is 11.5 Å². The molecule has 1 aliphatic rings. The van der Waals surface area contributed by atoms with E-state index in [0.717, 1.165) is 22.4 Å². The van der Waals surface area contributed by atoms with Gasteiger partial charge in [0.2, 0.25) is 11.8 Å². The maximum atomic E-state index is 13.0. The Morgan fingerprint density at radius 3 is 2.56 bits per heavy atom. The van der Waals surface area contributed by atoms with Crippen molar-refractivity contribution in [2.24, 2.45) is 5.92 Å². The second-order valence-electron chi connectivity index (χ2n) is 8.15. The fraction of sp³-hybridized carbons (Fsp3) is 0.286. The van der Waals surface area contributed by atoms with E-state index in [0.29, 0.717) is 18.0 Å². The summed E-state index contributed by atoms with van der Waals surface area (Å²) < 4.78 is 10.8. The predicted molar refractivity (Wildman–Crippen MR) is 138 cm³/mol. The second-order valence-corrected chi connectivity index (χ2v) is 8.15. The predicted octanol–water partition coefficient (Wildman–Crippen LogP) is 5.48. The number of hydrogen-bond acceptors (Lipinski definition) is 4. The Balaban J connectivity index is 0.00000432. The summed E-state index contributed by atoms with van der Waals surface area (Å²) >= 11 is 0. The molecule has 34 heavy (non-hydrogen) atoms. The van der Waals surface area contributed by atoms with E-state index in [1.54, 1.807) is 31.3 Å². The van der Waals surface area contributed by atoms with E-state index in [1.807, 2.05) is 68.5 Å². The second kappa shape index (κ2) is 11.4. The van der Waals surface area contributed by atoms with Crippen molar-refractivity contribution in [2.45, 2.75) is 26.3 Å². The fourth-order valence-electron chi connectivity index (χ4n) is 4.07. The third-order valence-electron chi connectivity index (χ3n) is 6.06. The lowest BCUT2D eigenvalue weighted by molar-refractivity contribution is -0.129. The summed E-state index contributed by atoms with van der Waals surface area (Å²) in [6, 6.07) is 13.0. The number of carbonyl (C=O) groups excluding carboxylic acids is 2. The normalized spacial score (nSPS) is 17.1. The lowest BCUT2D eigenvalue weighted by Crippen LogP contribution is -2.36. The summed E-state index contributed by atoms with van der Waals surface area (Å²) in [5.41, 5.74) is 3.38. The van der Waals surface area contributed by atoms with Gasteiger partial charge >= 0.3 is 0 Å². The minimum Gasteiger partial charge on any atom is -0.497 e. The number of methoxy groups -OCH3 is 2. The number of anilines is 1. The van der Waals surface area contributed by atoms with Crippen molar-refractivity contribution in [3.05, 3.63) is 78.9 Å². The maximum absolute atomic E-state index is 13.0. The SMILES string of the molecule is C=C/C(=C\C=C/C)C(C)N1CC(C(=O)Nc2ccc(OC)c(-c3ccc(OC)cc3)c2)CC1=O.[HH]. The fourth-order valence-corrected chi connectivity index (χ4v) is 4.07. The molecule has 0 spiro atoms. The van der Waals surface area contributed by atoms with E-state index in [-0.39, 0.29) is 25.7 Å². The molecule has 1 saturated heterocycles. The summed E-state index contributed by atoms with van der Waals surface area (Å²) in [6.07, 6.45) is 7.72. The zero-order valence-electron chi connectivity index (χ0n) is 20.2. The van der Waals surface area contributed by atoms with Gasteiger partial charge in [0.05, 0.1) is 26.2 Å². The first kappa shape index (κ1) is 24.8. The number of nitrogens with zero attached hydrogens (tertiary/aromatic N) is 1. The third kappa shape index (κ3) is 5.57. The Morgan fingerprint density at radius 2 is 1.94 bits per heavy atom. The first-order chi connectivity index (χ1) is 16.4. The summed E-state index contributed by atoms with van der Waals surface area (Å²) in [4.78, 5) is 27.5. The lowest BCUT2D eigenvalue weighted by Gasteiger charge is -2.25. The van der Waals surface area contributed by atoms with Crippen LogP contribution in [0.4, 0.5) is 5.69 Å². The molecule has 6 heteroatoms. The number of hydrogen-bond donors (Lipinski definition) is 1. The van der Waals surface area contributed by atoms with E-state index in [4.69, 9.17) is 9.47 Å². The van der Waals surface area contributed by atoms with Crippen molar-refractivity contribution in [1.82, 2.24) is 4.90 Å². The Kier molecular flexibility index (Phi) is 8.30. The number of amides is 2. The molecule has 2 atom stereocenters. The maximum Gasteiger partial charge on any atom is 0.229 e. The van der Waals surface area contributed by atoms with Crippen molar-refractivity contribution >= 4 is 17.5 Å². The zero-order valence-corrected chi connectivity index (χ0v) is 20.2. The zero-order chi connectivity index (χ0) is 24.7. The first-order valence-corrected chi connectivity index (χ1v) is 11.3. The molecule has 180 valence electrons. The minimum absolute atomic E-state index is 0. The summed E-state index contributed by atoms with van der Waals surface area (Å²) in [5.74, 6) is 0.830. The number of rotatable bonds is 9. The van der Waals surface area contributed by atoms with Crippen molar-refractivity contribution < 1.29 is 20.5 Å². The van der Waals surface area contributed by atoms with Gasteiger partial charge in [-0.05, 0) is 55.3 Å². The molecule has 0 aliphatic carbocycles. The van der Waals surface area contributed by atoms with Gasteiger partial charge in [-0.15, -0.1) is 0 Å². The van der Waals surface area contributed by atoms with Crippen molar-refractivity contribution in [3.63, 3.8) is 0 Å². The molecular formula is C28H34N2O4. The highest BCUT2D eigenvalue weighted by Gasteiger charge is 2.37. The molecule has 1 aliphatic heterocycles. The first-order valence-electron chi connectivity index (χ1n) is 11.3. The number of allylic oxidation sites excluding steroid dienone is 3. The molecule has 0 saturated carbocycles. The highest BCUT2D eigenvalue weighted by Crippen LogP contribution is 2.34. The molecule has 0 radical (unpaired) electrons. The number of ether oxygens (including phenoxy) is 2. The van der Waals surface area contributed by atoms with E-state index < -0.39 is 5.92 Å². The average Bonchev–Trinajstić information content (AvgIpc) is 3.26. The van der Waals surface area contributed by atoms with E-state index in [9.17, 15) is 9.59 Å². The van der Waals surface area contributed by atoms with Gasteiger partial charge in [-0.25, -0.2) is 0 Å². The van der Waals surface area contributed by atoms with Gasteiger partial charge in [0, 0.05) is 25.6 Å². The van der Waals surface area contributed by atoms with Gasteiger partial charge in [0.25, 0.3) is 0 Å². The Morgan fingerprint density at radius 1 is 1.21 bits per heavy atom. The molecule has 2 amide bonds. The molecular weight excluding hydrogens is 428 g/mol. The third-order valence-corrected chi connectivity index (χ3v) is 6.06. The highest BCUT2D eigenvalue weighted by molar-refractivity contribution is 5.98. The van der Waals surface area contributed by atoms with Crippen molar-refractivity contribution in [3.8, 4) is 22.6 Å². The topological polar surface area (TPSA) is 67.9 Å². The monoisotopic (exact) mass is 462 g/mol. The molecule has 2 aromatic rings. The van der Waals surface area contributed by atoms with Gasteiger partial charge in [0.15, 0.2) is 0 Å². The molecule has 1 heterocycles. The molecule has 1 fully saturated rings. The van der Waals surface area contributed by atoms with Gasteiger partial charge in [-0.3, -0.25) is 9.59 Å². The smallest absolute Gasteiger partial charge is 0.229 e. The van der Waals surface area contributed by atoms with E-state index in [2.05, 4.69) is 11.9 Å². The van der Waals surface area contributed by atoms with Crippen LogP contribution < -0.4 is 14.8 Å². The summed E-state index contributed by atoms with van der Waals surface area (Å²) in [5, 5.41) is 2.98. The van der Waals surface area contributed by atoms with Crippen LogP contribution in [0.3, 0.4) is 0 Å². The van der Waals surface area contributed by atoms with E-state index >= 15 is 0 Å². The largest absolute Gasteiger partial charge is 0.497 e. The van der Waals surface area contributed by atoms with Gasteiger partial charge < -0.3 is 19.7 Å². The van der Waals surface area contributed by atoms with Gasteiger partial charge in [-0.2, -0.15) is 0 Å². The van der Waals surface area contributed by atoms with Crippen molar-refractivity contribution in [2.75, 3.05) is 26.1 Å². The molecule has 2 aromatic carbocycles.